The fourth-order valence-corrected chi connectivity index (χ4v) is 5.08. The number of hydrogen-bond acceptors (Lipinski definition) is 6. The van der Waals surface area contributed by atoms with Crippen molar-refractivity contribution >= 4 is 27.5 Å². The maximum atomic E-state index is 13.6. The number of carboxylic acid groups (broad SMARTS) is 1. The first kappa shape index (κ1) is 23.5. The van der Waals surface area contributed by atoms with Crippen molar-refractivity contribution in [1.82, 2.24) is 18.9 Å². The summed E-state index contributed by atoms with van der Waals surface area (Å²) in [5.41, 5.74) is -2.37. The number of hydrogen-bond donors (Lipinski definition) is 1. The van der Waals surface area contributed by atoms with E-state index in [4.69, 9.17) is 4.74 Å². The summed E-state index contributed by atoms with van der Waals surface area (Å²) in [6.45, 7) is 8.34. The van der Waals surface area contributed by atoms with E-state index in [1.165, 1.54) is 29.8 Å². The van der Waals surface area contributed by atoms with Crippen molar-refractivity contribution < 1.29 is 14.6 Å². The van der Waals surface area contributed by atoms with Gasteiger partial charge in [-0.15, -0.1) is 0 Å². The Morgan fingerprint density at radius 2 is 2.06 bits per heavy atom. The maximum absolute atomic E-state index is 13.6. The molecule has 0 saturated heterocycles. The van der Waals surface area contributed by atoms with Crippen molar-refractivity contribution in [3.8, 4) is 5.00 Å². The fraction of sp³-hybridized carbons (Fsp3) is 0.455. The number of ether oxygens (including phenoxy) is 1. The minimum absolute atomic E-state index is 0.319. The first-order valence-corrected chi connectivity index (χ1v) is 11.1. The van der Waals surface area contributed by atoms with Gasteiger partial charge in [-0.25, -0.2) is 18.8 Å². The Hall–Kier alpha value is -3.14. The van der Waals surface area contributed by atoms with Gasteiger partial charge in [0.15, 0.2) is 0 Å². The molecule has 10 heteroatoms. The Morgan fingerprint density at radius 1 is 1.38 bits per heavy atom. The molecule has 0 aliphatic rings. The summed E-state index contributed by atoms with van der Waals surface area (Å²) in [6, 6.07) is 1.38. The molecule has 0 saturated carbocycles. The number of methoxy groups -OCH3 is 1. The molecule has 9 nitrogen and oxygen atoms in total. The third-order valence-corrected chi connectivity index (χ3v) is 6.84. The van der Waals surface area contributed by atoms with Crippen LogP contribution >= 0.6 is 11.3 Å². The van der Waals surface area contributed by atoms with Gasteiger partial charge in [-0.05, 0) is 46.3 Å². The molecule has 1 unspecified atom stereocenters. The molecular formula is C22H28N4O5S. The zero-order chi connectivity index (χ0) is 23.8. The Labute approximate surface area is 189 Å². The van der Waals surface area contributed by atoms with Crippen LogP contribution in [0.5, 0.6) is 0 Å². The van der Waals surface area contributed by atoms with E-state index in [1.807, 2.05) is 19.9 Å². The molecule has 0 fully saturated rings. The molecule has 0 spiro atoms. The van der Waals surface area contributed by atoms with Crippen LogP contribution in [0.25, 0.3) is 15.2 Å². The standard InChI is InChI=1S/C22H28N4O5S/c1-7-9-15(31-6)12-13(2)25-19-16(14(3)18(32-19)24-11-8-10-23-24)17(27)26(21(25)30)22(4,5)20(28)29/h8-11,13H,7,12H2,1-6H3,(H,28,29)/b15-9+. The number of carboxylic acids is 1. The van der Waals surface area contributed by atoms with Crippen LogP contribution in [0.15, 0.2) is 39.9 Å². The van der Waals surface area contributed by atoms with Gasteiger partial charge >= 0.3 is 11.7 Å². The molecule has 0 aliphatic carbocycles. The van der Waals surface area contributed by atoms with E-state index in [1.54, 1.807) is 37.2 Å². The number of carbonyl (C=O) groups is 1. The quantitative estimate of drug-likeness (QED) is 0.516. The van der Waals surface area contributed by atoms with Crippen LogP contribution in [0.4, 0.5) is 0 Å². The minimum atomic E-state index is -1.73. The van der Waals surface area contributed by atoms with Crippen LogP contribution in [0.2, 0.25) is 0 Å². The summed E-state index contributed by atoms with van der Waals surface area (Å²) in [5, 5.41) is 15.1. The predicted octanol–water partition coefficient (Wildman–Crippen LogP) is 3.43. The van der Waals surface area contributed by atoms with E-state index in [0.29, 0.717) is 27.2 Å². The molecule has 0 bridgehead atoms. The van der Waals surface area contributed by atoms with Crippen LogP contribution in [-0.2, 0) is 15.1 Å². The lowest BCUT2D eigenvalue weighted by atomic mass is 10.1. The molecule has 3 heterocycles. The molecular weight excluding hydrogens is 432 g/mol. The van der Waals surface area contributed by atoms with E-state index in [9.17, 15) is 19.5 Å². The highest BCUT2D eigenvalue weighted by Crippen LogP contribution is 2.33. The molecule has 0 aliphatic heterocycles. The highest BCUT2D eigenvalue weighted by Gasteiger charge is 2.36. The Morgan fingerprint density at radius 3 is 2.59 bits per heavy atom. The van der Waals surface area contributed by atoms with E-state index in [-0.39, 0.29) is 6.04 Å². The number of allylic oxidation sites excluding steroid dienone is 2. The highest BCUT2D eigenvalue weighted by atomic mass is 32.1. The second-order valence-electron chi connectivity index (χ2n) is 8.16. The number of aliphatic carboxylic acids is 1. The van der Waals surface area contributed by atoms with Gasteiger partial charge in [-0.3, -0.25) is 9.36 Å². The largest absolute Gasteiger partial charge is 0.501 e. The molecule has 0 radical (unpaired) electrons. The zero-order valence-electron chi connectivity index (χ0n) is 19.1. The van der Waals surface area contributed by atoms with Gasteiger partial charge in [-0.1, -0.05) is 18.3 Å². The van der Waals surface area contributed by atoms with E-state index in [2.05, 4.69) is 5.10 Å². The molecule has 3 aromatic rings. The van der Waals surface area contributed by atoms with Gasteiger partial charge in [0.05, 0.1) is 18.3 Å². The zero-order valence-corrected chi connectivity index (χ0v) is 19.9. The second-order valence-corrected chi connectivity index (χ2v) is 9.13. The number of thiophene rings is 1. The first-order chi connectivity index (χ1) is 15.1. The van der Waals surface area contributed by atoms with Crippen molar-refractivity contribution in [3.63, 3.8) is 0 Å². The van der Waals surface area contributed by atoms with Crippen LogP contribution in [0.3, 0.4) is 0 Å². The van der Waals surface area contributed by atoms with E-state index < -0.39 is 22.8 Å². The maximum Gasteiger partial charge on any atom is 0.333 e. The summed E-state index contributed by atoms with van der Waals surface area (Å²) in [4.78, 5) is 39.6. The normalized spacial score (nSPS) is 13.5. The summed E-state index contributed by atoms with van der Waals surface area (Å²) in [7, 11) is 1.58. The van der Waals surface area contributed by atoms with Gasteiger partial charge in [0.1, 0.15) is 15.4 Å². The Bertz CT molecular complexity index is 1290. The smallest absolute Gasteiger partial charge is 0.333 e. The summed E-state index contributed by atoms with van der Waals surface area (Å²) in [6.07, 6.45) is 6.51. The molecule has 0 aromatic carbocycles. The van der Waals surface area contributed by atoms with E-state index >= 15 is 0 Å². The van der Waals surface area contributed by atoms with Crippen LogP contribution in [0, 0.1) is 6.92 Å². The van der Waals surface area contributed by atoms with Crippen molar-refractivity contribution in [3.05, 3.63) is 56.7 Å². The molecule has 1 atom stereocenters. The van der Waals surface area contributed by atoms with Gasteiger partial charge in [-0.2, -0.15) is 5.10 Å². The minimum Gasteiger partial charge on any atom is -0.501 e. The molecule has 0 amide bonds. The van der Waals surface area contributed by atoms with Crippen LogP contribution in [-0.4, -0.2) is 37.1 Å². The number of aromatic nitrogens is 4. The Kier molecular flexibility index (Phi) is 6.45. The number of aryl methyl sites for hydroxylation is 1. The lowest BCUT2D eigenvalue weighted by Gasteiger charge is -2.25. The van der Waals surface area contributed by atoms with Crippen LogP contribution < -0.4 is 11.2 Å². The molecule has 32 heavy (non-hydrogen) atoms. The van der Waals surface area contributed by atoms with Gasteiger partial charge in [0.2, 0.25) is 0 Å². The molecule has 1 N–H and O–H groups in total. The summed E-state index contributed by atoms with van der Waals surface area (Å²) < 4.78 is 9.45. The van der Waals surface area contributed by atoms with Crippen molar-refractivity contribution in [2.45, 2.75) is 59.0 Å². The fourth-order valence-electron chi connectivity index (χ4n) is 3.75. The van der Waals surface area contributed by atoms with Crippen LogP contribution in [0.1, 0.15) is 52.1 Å². The monoisotopic (exact) mass is 460 g/mol. The average Bonchev–Trinajstić information content (AvgIpc) is 3.35. The van der Waals surface area contributed by atoms with Crippen molar-refractivity contribution in [1.29, 1.82) is 0 Å². The highest BCUT2D eigenvalue weighted by molar-refractivity contribution is 7.21. The number of nitrogens with zero attached hydrogens (tertiary/aromatic N) is 4. The first-order valence-electron chi connectivity index (χ1n) is 10.3. The van der Waals surface area contributed by atoms with Gasteiger partial charge in [0, 0.05) is 30.4 Å². The van der Waals surface area contributed by atoms with Gasteiger partial charge in [0.25, 0.3) is 5.56 Å². The lowest BCUT2D eigenvalue weighted by molar-refractivity contribution is -0.146. The van der Waals surface area contributed by atoms with Crippen molar-refractivity contribution in [2.75, 3.05) is 7.11 Å². The Balaban J connectivity index is 2.42. The lowest BCUT2D eigenvalue weighted by Crippen LogP contribution is -2.52. The van der Waals surface area contributed by atoms with Crippen molar-refractivity contribution in [2.24, 2.45) is 0 Å². The third kappa shape index (κ3) is 3.79. The predicted molar refractivity (Wildman–Crippen MR) is 124 cm³/mol. The third-order valence-electron chi connectivity index (χ3n) is 5.56. The number of fused-ring (bicyclic) bond motifs is 1. The topological polar surface area (TPSA) is 108 Å². The van der Waals surface area contributed by atoms with Gasteiger partial charge < -0.3 is 9.84 Å². The number of rotatable bonds is 8. The summed E-state index contributed by atoms with van der Waals surface area (Å²) >= 11 is 1.28. The van der Waals surface area contributed by atoms with E-state index in [0.717, 1.165) is 16.7 Å². The molecule has 3 rings (SSSR count). The summed E-state index contributed by atoms with van der Waals surface area (Å²) in [5.74, 6) is -0.547. The second kappa shape index (κ2) is 8.78. The molecule has 3 aromatic heterocycles. The molecule has 172 valence electrons. The SMILES string of the molecule is CC/C=C(\CC(C)n1c(=O)n(C(C)(C)C(=O)O)c(=O)c2c(C)c(-n3cccn3)sc21)OC. The average molecular weight is 461 g/mol.